The highest BCUT2D eigenvalue weighted by atomic mass is 127. The van der Waals surface area contributed by atoms with Gasteiger partial charge in [0.1, 0.15) is 15.7 Å². The van der Waals surface area contributed by atoms with E-state index in [1.54, 1.807) is 0 Å². The molecule has 2 rings (SSSR count). The number of benzene rings is 2. The van der Waals surface area contributed by atoms with Crippen molar-refractivity contribution in [2.45, 2.75) is 25.6 Å². The summed E-state index contributed by atoms with van der Waals surface area (Å²) in [5.41, 5.74) is -3.24. The molecule has 6 nitrogen and oxygen atoms in total. The van der Waals surface area contributed by atoms with E-state index >= 15 is 0 Å². The number of alkyl halides is 3. The van der Waals surface area contributed by atoms with Gasteiger partial charge < -0.3 is 10.6 Å². The lowest BCUT2D eigenvalue weighted by atomic mass is 10.0. The number of rotatable bonds is 6. The van der Waals surface area contributed by atoms with Gasteiger partial charge in [-0.25, -0.2) is 12.8 Å². The van der Waals surface area contributed by atoms with Crippen LogP contribution < -0.4 is 10.6 Å². The second-order valence-electron chi connectivity index (χ2n) is 7.72. The molecular formula is C20H19F4IN2O4S. The number of anilines is 1. The Balaban J connectivity index is 2.37. The zero-order chi connectivity index (χ0) is 24.5. The molecule has 0 unspecified atom stereocenters. The average molecular weight is 586 g/mol. The summed E-state index contributed by atoms with van der Waals surface area (Å²) in [4.78, 5) is 25.7. The Hall–Kier alpha value is -2.22. The summed E-state index contributed by atoms with van der Waals surface area (Å²) in [6.45, 7) is 3.00. The fraction of sp³-hybridized carbons (Fsp3) is 0.300. The molecule has 2 N–H and O–H groups in total. The topological polar surface area (TPSA) is 92.3 Å². The fourth-order valence-corrected chi connectivity index (χ4v) is 5.15. The summed E-state index contributed by atoms with van der Waals surface area (Å²) in [7, 11) is -3.43. The third-order valence-corrected chi connectivity index (χ3v) is 6.23. The van der Waals surface area contributed by atoms with E-state index in [-0.39, 0.29) is 22.6 Å². The first-order chi connectivity index (χ1) is 14.5. The van der Waals surface area contributed by atoms with Gasteiger partial charge in [0.15, 0.2) is 0 Å². The van der Waals surface area contributed by atoms with Crippen LogP contribution in [0.1, 0.15) is 40.1 Å². The van der Waals surface area contributed by atoms with Crippen LogP contribution in [-0.4, -0.2) is 37.8 Å². The quantitative estimate of drug-likeness (QED) is 0.391. The molecule has 0 saturated heterocycles. The molecule has 0 bridgehead atoms. The minimum absolute atomic E-state index is 0.0784. The fourth-order valence-electron chi connectivity index (χ4n) is 3.02. The molecule has 0 radical (unpaired) electrons. The van der Waals surface area contributed by atoms with Crippen molar-refractivity contribution in [2.75, 3.05) is 17.3 Å². The minimum Gasteiger partial charge on any atom is -0.346 e. The van der Waals surface area contributed by atoms with E-state index in [1.165, 1.54) is 32.0 Å². The molecule has 0 aliphatic rings. The third kappa shape index (κ3) is 6.89. The highest BCUT2D eigenvalue weighted by Crippen LogP contribution is 2.33. The normalized spacial score (nSPS) is 12.4. The van der Waals surface area contributed by atoms with Crippen molar-refractivity contribution < 1.29 is 35.6 Å². The Bertz CT molecular complexity index is 1160. The van der Waals surface area contributed by atoms with Crippen LogP contribution >= 0.6 is 22.6 Å². The van der Waals surface area contributed by atoms with Gasteiger partial charge in [-0.05, 0) is 66.8 Å². The molecule has 0 aliphatic heterocycles. The van der Waals surface area contributed by atoms with Crippen molar-refractivity contribution in [1.82, 2.24) is 5.32 Å². The molecule has 0 fully saturated rings. The largest absolute Gasteiger partial charge is 0.419 e. The lowest BCUT2D eigenvalue weighted by Gasteiger charge is -2.26. The number of sulfone groups is 1. The van der Waals surface area contributed by atoms with E-state index < -0.39 is 44.7 Å². The van der Waals surface area contributed by atoms with Crippen molar-refractivity contribution in [1.29, 1.82) is 0 Å². The summed E-state index contributed by atoms with van der Waals surface area (Å²) < 4.78 is 75.9. The van der Waals surface area contributed by atoms with Gasteiger partial charge in [0.05, 0.1) is 22.4 Å². The number of hydrogen-bond acceptors (Lipinski definition) is 4. The van der Waals surface area contributed by atoms with Crippen LogP contribution in [0.15, 0.2) is 36.4 Å². The minimum atomic E-state index is -4.96. The Morgan fingerprint density at radius 1 is 1.06 bits per heavy atom. The molecule has 12 heteroatoms. The van der Waals surface area contributed by atoms with E-state index in [0.717, 1.165) is 12.3 Å². The summed E-state index contributed by atoms with van der Waals surface area (Å²) in [6.07, 6.45) is -3.94. The molecule has 0 aromatic heterocycles. The first kappa shape index (κ1) is 26.0. The number of carbonyl (C=O) groups excluding carboxylic acids is 2. The average Bonchev–Trinajstić information content (AvgIpc) is 2.59. The second-order valence-corrected chi connectivity index (χ2v) is 11.0. The molecule has 32 heavy (non-hydrogen) atoms. The standard InChI is InChI=1S/C20H19F4IN2O4S/c1-19(2,10-32(3,30)31)27-18(29)16-12(5-4-6-15(16)25)17(28)26-11-7-8-14(21)13(9-11)20(22,23)24/h4-9H,10H2,1-3H3,(H,26,28)(H,27,29). The third-order valence-electron chi connectivity index (χ3n) is 4.09. The molecular weight excluding hydrogens is 567 g/mol. The molecule has 2 aromatic rings. The van der Waals surface area contributed by atoms with Crippen LogP contribution in [0.3, 0.4) is 0 Å². The van der Waals surface area contributed by atoms with E-state index in [2.05, 4.69) is 10.6 Å². The van der Waals surface area contributed by atoms with Crippen LogP contribution in [0.2, 0.25) is 0 Å². The van der Waals surface area contributed by atoms with Crippen LogP contribution in [-0.2, 0) is 16.0 Å². The van der Waals surface area contributed by atoms with E-state index in [1.807, 2.05) is 22.6 Å². The number of carbonyl (C=O) groups is 2. The number of nitrogens with one attached hydrogen (secondary N) is 2. The predicted molar refractivity (Wildman–Crippen MR) is 120 cm³/mol. The van der Waals surface area contributed by atoms with Crippen molar-refractivity contribution in [2.24, 2.45) is 0 Å². The monoisotopic (exact) mass is 586 g/mol. The van der Waals surface area contributed by atoms with Gasteiger partial charge in [-0.2, -0.15) is 13.2 Å². The Morgan fingerprint density at radius 2 is 1.69 bits per heavy atom. The Labute approximate surface area is 195 Å². The van der Waals surface area contributed by atoms with Gasteiger partial charge in [0, 0.05) is 21.1 Å². The molecule has 2 aromatic carbocycles. The highest BCUT2D eigenvalue weighted by Gasteiger charge is 2.34. The SMILES string of the molecule is CC(C)(CS(C)(=O)=O)NC(=O)c1c(I)cccc1C(=O)Nc1ccc(F)c(C(F)(F)F)c1. The predicted octanol–water partition coefficient (Wildman–Crippen LogP) is 4.25. The van der Waals surface area contributed by atoms with Crippen LogP contribution in [0.25, 0.3) is 0 Å². The summed E-state index contributed by atoms with van der Waals surface area (Å²) in [5, 5.41) is 4.80. The van der Waals surface area contributed by atoms with E-state index in [9.17, 15) is 35.6 Å². The lowest BCUT2D eigenvalue weighted by molar-refractivity contribution is -0.139. The van der Waals surface area contributed by atoms with Gasteiger partial charge in [0.2, 0.25) is 0 Å². The van der Waals surface area contributed by atoms with Gasteiger partial charge >= 0.3 is 6.18 Å². The van der Waals surface area contributed by atoms with Gasteiger partial charge in [-0.3, -0.25) is 9.59 Å². The first-order valence-corrected chi connectivity index (χ1v) is 12.1. The summed E-state index contributed by atoms with van der Waals surface area (Å²) >= 11 is 1.81. The highest BCUT2D eigenvalue weighted by molar-refractivity contribution is 14.1. The zero-order valence-electron chi connectivity index (χ0n) is 17.1. The maximum atomic E-state index is 13.5. The molecule has 2 amide bonds. The lowest BCUT2D eigenvalue weighted by Crippen LogP contribution is -2.48. The van der Waals surface area contributed by atoms with E-state index in [0.29, 0.717) is 15.7 Å². The molecule has 0 heterocycles. The number of amides is 2. The zero-order valence-corrected chi connectivity index (χ0v) is 20.1. The van der Waals surface area contributed by atoms with Crippen LogP contribution in [0.4, 0.5) is 23.2 Å². The molecule has 0 spiro atoms. The number of halogens is 5. The second kappa shape index (κ2) is 9.33. The summed E-state index contributed by atoms with van der Waals surface area (Å²) in [6, 6.07) is 6.30. The van der Waals surface area contributed by atoms with Crippen molar-refractivity contribution >= 4 is 49.9 Å². The smallest absolute Gasteiger partial charge is 0.346 e. The Morgan fingerprint density at radius 3 is 2.25 bits per heavy atom. The van der Waals surface area contributed by atoms with Gasteiger partial charge in [0.25, 0.3) is 11.8 Å². The molecule has 174 valence electrons. The molecule has 0 saturated carbocycles. The van der Waals surface area contributed by atoms with Crippen molar-refractivity contribution in [3.8, 4) is 0 Å². The van der Waals surface area contributed by atoms with Crippen molar-refractivity contribution in [3.05, 3.63) is 62.5 Å². The van der Waals surface area contributed by atoms with Gasteiger partial charge in [-0.1, -0.05) is 6.07 Å². The molecule has 0 aliphatic carbocycles. The van der Waals surface area contributed by atoms with Gasteiger partial charge in [-0.15, -0.1) is 0 Å². The van der Waals surface area contributed by atoms with Crippen LogP contribution in [0, 0.1) is 9.39 Å². The summed E-state index contributed by atoms with van der Waals surface area (Å²) in [5.74, 6) is -3.47. The first-order valence-electron chi connectivity index (χ1n) is 8.97. The van der Waals surface area contributed by atoms with E-state index in [4.69, 9.17) is 0 Å². The maximum Gasteiger partial charge on any atom is 0.419 e. The maximum absolute atomic E-state index is 13.5. The van der Waals surface area contributed by atoms with Crippen LogP contribution in [0.5, 0.6) is 0 Å². The number of hydrogen-bond donors (Lipinski definition) is 2. The molecule has 0 atom stereocenters. The Kier molecular flexibility index (Phi) is 7.59. The van der Waals surface area contributed by atoms with Crippen molar-refractivity contribution in [3.63, 3.8) is 0 Å².